The van der Waals surface area contributed by atoms with E-state index in [1.807, 2.05) is 25.2 Å². The Kier molecular flexibility index (Phi) is 9.82. The number of ether oxygens (including phenoxy) is 1. The molecule has 32 heavy (non-hydrogen) atoms. The van der Waals surface area contributed by atoms with E-state index in [4.69, 9.17) is 9.84 Å². The highest BCUT2D eigenvalue weighted by Gasteiger charge is 2.37. The standard InChI is InChI=1S/C25H33F3O4/c1-17(16-32-20-9-7-8-19(15-20)25(26,27)28)12-13-21-18(2)14-23(29)22(21)10-5-3-4-6-11-24(30)31/h3,5,7-9,12-13,15,17-18,21-23,29H,4,6,10-11,14,16H2,1-2H3,(H,30,31)/b5-3-,13-12+. The number of hydrogen-bond donors (Lipinski definition) is 2. The van der Waals surface area contributed by atoms with E-state index >= 15 is 0 Å². The first-order valence-electron chi connectivity index (χ1n) is 11.1. The van der Waals surface area contributed by atoms with Crippen molar-refractivity contribution in [2.75, 3.05) is 6.61 Å². The van der Waals surface area contributed by atoms with E-state index < -0.39 is 17.7 Å². The Bertz CT molecular complexity index is 788. The van der Waals surface area contributed by atoms with Gasteiger partial charge in [-0.05, 0) is 61.6 Å². The van der Waals surface area contributed by atoms with Crippen LogP contribution in [0.15, 0.2) is 48.6 Å². The Morgan fingerprint density at radius 3 is 2.75 bits per heavy atom. The molecule has 1 fully saturated rings. The number of aliphatic hydroxyl groups is 1. The summed E-state index contributed by atoms with van der Waals surface area (Å²) in [6.45, 7) is 4.31. The number of aliphatic hydroxyl groups excluding tert-OH is 1. The van der Waals surface area contributed by atoms with Gasteiger partial charge in [0.25, 0.3) is 0 Å². The molecule has 1 aliphatic rings. The van der Waals surface area contributed by atoms with Gasteiger partial charge in [-0.1, -0.05) is 44.2 Å². The molecule has 0 heterocycles. The van der Waals surface area contributed by atoms with Crippen LogP contribution in [0.25, 0.3) is 0 Å². The number of allylic oxidation sites excluding steroid dienone is 3. The lowest BCUT2D eigenvalue weighted by molar-refractivity contribution is -0.138. The maximum atomic E-state index is 12.8. The lowest BCUT2D eigenvalue weighted by Crippen LogP contribution is -2.18. The Morgan fingerprint density at radius 2 is 2.06 bits per heavy atom. The Balaban J connectivity index is 1.87. The fraction of sp³-hybridized carbons (Fsp3) is 0.560. The van der Waals surface area contributed by atoms with Gasteiger partial charge in [0.1, 0.15) is 5.75 Å². The molecule has 2 rings (SSSR count). The predicted molar refractivity (Wildman–Crippen MR) is 117 cm³/mol. The monoisotopic (exact) mass is 454 g/mol. The molecule has 5 unspecified atom stereocenters. The van der Waals surface area contributed by atoms with Crippen LogP contribution in [0.4, 0.5) is 13.2 Å². The van der Waals surface area contributed by atoms with Gasteiger partial charge in [0.2, 0.25) is 0 Å². The second kappa shape index (κ2) is 12.1. The van der Waals surface area contributed by atoms with Gasteiger partial charge >= 0.3 is 12.1 Å². The molecule has 0 bridgehead atoms. The molecule has 1 saturated carbocycles. The van der Waals surface area contributed by atoms with Gasteiger partial charge in [0, 0.05) is 12.3 Å². The van der Waals surface area contributed by atoms with E-state index in [1.165, 1.54) is 12.1 Å². The summed E-state index contributed by atoms with van der Waals surface area (Å²) in [5.41, 5.74) is -0.731. The van der Waals surface area contributed by atoms with Gasteiger partial charge in [-0.15, -0.1) is 0 Å². The lowest BCUT2D eigenvalue weighted by Gasteiger charge is -2.20. The maximum Gasteiger partial charge on any atom is 0.416 e. The number of rotatable bonds is 11. The molecule has 0 aliphatic heterocycles. The maximum absolute atomic E-state index is 12.8. The molecule has 1 aromatic rings. The summed E-state index contributed by atoms with van der Waals surface area (Å²) in [4.78, 5) is 10.6. The van der Waals surface area contributed by atoms with E-state index in [9.17, 15) is 23.1 Å². The third-order valence-corrected chi connectivity index (χ3v) is 5.93. The molecular weight excluding hydrogens is 421 g/mol. The summed E-state index contributed by atoms with van der Waals surface area (Å²) in [7, 11) is 0. The SMILES string of the molecule is CC(/C=C/C1C(C)CC(O)C1C/C=C\CCCC(=O)O)COc1cccc(C(F)(F)F)c1. The third kappa shape index (κ3) is 8.34. The van der Waals surface area contributed by atoms with Crippen LogP contribution in [0.2, 0.25) is 0 Å². The Morgan fingerprint density at radius 1 is 1.31 bits per heavy atom. The topological polar surface area (TPSA) is 66.8 Å². The second-order valence-corrected chi connectivity index (χ2v) is 8.71. The van der Waals surface area contributed by atoms with Crippen molar-refractivity contribution in [3.63, 3.8) is 0 Å². The molecule has 4 nitrogen and oxygen atoms in total. The van der Waals surface area contributed by atoms with Crippen LogP contribution in [0.5, 0.6) is 5.75 Å². The minimum absolute atomic E-state index is 0.00157. The van der Waals surface area contributed by atoms with E-state index in [0.717, 1.165) is 25.0 Å². The summed E-state index contributed by atoms with van der Waals surface area (Å²) in [6.07, 6.45) is 6.23. The normalized spacial score (nSPS) is 24.9. The average Bonchev–Trinajstić information content (AvgIpc) is 2.99. The number of aliphatic carboxylic acids is 1. The minimum atomic E-state index is -4.40. The van der Waals surface area contributed by atoms with Crippen molar-refractivity contribution in [2.45, 2.75) is 58.2 Å². The minimum Gasteiger partial charge on any atom is -0.493 e. The first-order valence-corrected chi connectivity index (χ1v) is 11.1. The molecule has 0 radical (unpaired) electrons. The van der Waals surface area contributed by atoms with Crippen LogP contribution in [-0.4, -0.2) is 28.9 Å². The van der Waals surface area contributed by atoms with Gasteiger partial charge < -0.3 is 14.9 Å². The van der Waals surface area contributed by atoms with Gasteiger partial charge in [-0.3, -0.25) is 4.79 Å². The van der Waals surface area contributed by atoms with Crippen LogP contribution in [-0.2, 0) is 11.0 Å². The fourth-order valence-electron chi connectivity index (χ4n) is 4.14. The highest BCUT2D eigenvalue weighted by molar-refractivity contribution is 5.66. The number of unbranched alkanes of at least 4 members (excludes halogenated alkanes) is 1. The van der Waals surface area contributed by atoms with Crippen molar-refractivity contribution in [2.24, 2.45) is 23.7 Å². The number of hydrogen-bond acceptors (Lipinski definition) is 3. The van der Waals surface area contributed by atoms with Crippen molar-refractivity contribution in [1.82, 2.24) is 0 Å². The summed E-state index contributed by atoms with van der Waals surface area (Å²) >= 11 is 0. The number of carboxylic acid groups (broad SMARTS) is 1. The largest absolute Gasteiger partial charge is 0.493 e. The highest BCUT2D eigenvalue weighted by Crippen LogP contribution is 2.40. The zero-order valence-electron chi connectivity index (χ0n) is 18.6. The van der Waals surface area contributed by atoms with E-state index in [0.29, 0.717) is 18.8 Å². The van der Waals surface area contributed by atoms with Crippen LogP contribution in [0.3, 0.4) is 0 Å². The van der Waals surface area contributed by atoms with Gasteiger partial charge in [-0.2, -0.15) is 13.2 Å². The summed E-state index contributed by atoms with van der Waals surface area (Å²) < 4.78 is 44.1. The quantitative estimate of drug-likeness (QED) is 0.313. The first-order chi connectivity index (χ1) is 15.1. The summed E-state index contributed by atoms with van der Waals surface area (Å²) in [5, 5.41) is 19.1. The van der Waals surface area contributed by atoms with Gasteiger partial charge in [0.05, 0.1) is 18.3 Å². The Labute approximate surface area is 187 Å². The number of carboxylic acids is 1. The third-order valence-electron chi connectivity index (χ3n) is 5.93. The number of benzene rings is 1. The molecule has 178 valence electrons. The van der Waals surface area contributed by atoms with Gasteiger partial charge in [0.15, 0.2) is 0 Å². The first kappa shape index (κ1) is 26.0. The number of alkyl halides is 3. The zero-order valence-corrected chi connectivity index (χ0v) is 18.6. The fourth-order valence-corrected chi connectivity index (χ4v) is 4.14. The summed E-state index contributed by atoms with van der Waals surface area (Å²) in [6, 6.07) is 4.87. The Hall–Kier alpha value is -2.28. The van der Waals surface area contributed by atoms with Gasteiger partial charge in [-0.25, -0.2) is 0 Å². The van der Waals surface area contributed by atoms with Crippen LogP contribution in [0, 0.1) is 23.7 Å². The molecule has 2 N–H and O–H groups in total. The van der Waals surface area contributed by atoms with Crippen molar-refractivity contribution < 1.29 is 32.9 Å². The predicted octanol–water partition coefficient (Wildman–Crippen LogP) is 6.11. The zero-order chi connectivity index (χ0) is 23.7. The van der Waals surface area contributed by atoms with Crippen LogP contribution in [0.1, 0.15) is 51.5 Å². The molecule has 5 atom stereocenters. The van der Waals surface area contributed by atoms with E-state index in [-0.39, 0.29) is 42.6 Å². The molecule has 0 amide bonds. The van der Waals surface area contributed by atoms with Crippen molar-refractivity contribution >= 4 is 5.97 Å². The van der Waals surface area contributed by atoms with E-state index in [2.05, 4.69) is 13.0 Å². The number of carbonyl (C=O) groups is 1. The van der Waals surface area contributed by atoms with Crippen LogP contribution >= 0.6 is 0 Å². The highest BCUT2D eigenvalue weighted by atomic mass is 19.4. The molecule has 1 aromatic carbocycles. The molecule has 0 aromatic heterocycles. The van der Waals surface area contributed by atoms with E-state index in [1.54, 1.807) is 0 Å². The smallest absolute Gasteiger partial charge is 0.416 e. The van der Waals surface area contributed by atoms with Crippen molar-refractivity contribution in [1.29, 1.82) is 0 Å². The summed E-state index contributed by atoms with van der Waals surface area (Å²) in [5.74, 6) is 0.00798. The molecule has 7 heteroatoms. The molecular formula is C25H33F3O4. The second-order valence-electron chi connectivity index (χ2n) is 8.71. The molecule has 1 aliphatic carbocycles. The molecule has 0 saturated heterocycles. The average molecular weight is 455 g/mol. The van der Waals surface area contributed by atoms with Crippen molar-refractivity contribution in [3.8, 4) is 5.75 Å². The number of halogens is 3. The van der Waals surface area contributed by atoms with Crippen LogP contribution < -0.4 is 4.74 Å². The molecule has 0 spiro atoms. The van der Waals surface area contributed by atoms with Crippen molar-refractivity contribution in [3.05, 3.63) is 54.1 Å². The lowest BCUT2D eigenvalue weighted by atomic mass is 9.86.